The molecule has 0 saturated carbocycles. The van der Waals surface area contributed by atoms with Crippen molar-refractivity contribution in [2.45, 2.75) is 19.9 Å². The lowest BCUT2D eigenvalue weighted by atomic mass is 10.2. The fourth-order valence-electron chi connectivity index (χ4n) is 2.88. The molecule has 24 heavy (non-hydrogen) atoms. The van der Waals surface area contributed by atoms with Crippen molar-refractivity contribution in [1.82, 2.24) is 9.55 Å². The van der Waals surface area contributed by atoms with E-state index in [9.17, 15) is 4.79 Å². The Morgan fingerprint density at radius 1 is 1.17 bits per heavy atom. The van der Waals surface area contributed by atoms with Gasteiger partial charge in [0.25, 0.3) is 0 Å². The van der Waals surface area contributed by atoms with Crippen molar-refractivity contribution in [1.29, 1.82) is 0 Å². The van der Waals surface area contributed by atoms with Crippen molar-refractivity contribution in [3.05, 3.63) is 60.3 Å². The molecule has 4 rings (SSSR count). The van der Waals surface area contributed by atoms with E-state index >= 15 is 0 Å². The first-order chi connectivity index (χ1) is 11.7. The predicted molar refractivity (Wildman–Crippen MR) is 99.5 cm³/mol. The van der Waals surface area contributed by atoms with Gasteiger partial charge in [0.15, 0.2) is 5.13 Å². The summed E-state index contributed by atoms with van der Waals surface area (Å²) in [7, 11) is 0. The van der Waals surface area contributed by atoms with Crippen molar-refractivity contribution in [3.63, 3.8) is 0 Å². The topological polar surface area (TPSA) is 46.9 Å². The molecule has 4 aromatic rings. The van der Waals surface area contributed by atoms with Gasteiger partial charge in [-0.25, -0.2) is 4.98 Å². The monoisotopic (exact) mass is 335 g/mol. The zero-order chi connectivity index (χ0) is 16.5. The first-order valence-corrected chi connectivity index (χ1v) is 8.72. The van der Waals surface area contributed by atoms with Gasteiger partial charge in [-0.15, -0.1) is 0 Å². The van der Waals surface area contributed by atoms with Crippen LogP contribution in [0.4, 0.5) is 5.13 Å². The summed E-state index contributed by atoms with van der Waals surface area (Å²) in [6.45, 7) is 2.69. The van der Waals surface area contributed by atoms with Crippen molar-refractivity contribution < 1.29 is 4.79 Å². The summed E-state index contributed by atoms with van der Waals surface area (Å²) < 4.78 is 3.21. The molecule has 0 aliphatic heterocycles. The first kappa shape index (κ1) is 14.9. The van der Waals surface area contributed by atoms with Gasteiger partial charge in [0.05, 0.1) is 10.2 Å². The molecule has 0 atom stereocenters. The highest BCUT2D eigenvalue weighted by Crippen LogP contribution is 2.28. The molecule has 120 valence electrons. The molecule has 0 saturated heterocycles. The van der Waals surface area contributed by atoms with Gasteiger partial charge in [0.1, 0.15) is 0 Å². The number of rotatable bonds is 4. The molecule has 0 unspecified atom stereocenters. The third kappa shape index (κ3) is 2.78. The second-order valence-electron chi connectivity index (χ2n) is 5.81. The van der Waals surface area contributed by atoms with Crippen LogP contribution in [0.2, 0.25) is 0 Å². The van der Waals surface area contributed by atoms with Crippen molar-refractivity contribution in [3.8, 4) is 0 Å². The van der Waals surface area contributed by atoms with Crippen LogP contribution in [0.25, 0.3) is 21.1 Å². The Balaban J connectivity index is 1.45. The molecule has 0 spiro atoms. The van der Waals surface area contributed by atoms with E-state index in [4.69, 9.17) is 0 Å². The van der Waals surface area contributed by atoms with E-state index < -0.39 is 0 Å². The fourth-order valence-corrected chi connectivity index (χ4v) is 3.84. The Bertz CT molecular complexity index is 1030. The minimum absolute atomic E-state index is 0.00973. The van der Waals surface area contributed by atoms with Gasteiger partial charge in [-0.05, 0) is 36.1 Å². The van der Waals surface area contributed by atoms with Gasteiger partial charge in [-0.2, -0.15) is 0 Å². The van der Waals surface area contributed by atoms with Gasteiger partial charge in [-0.1, -0.05) is 41.7 Å². The van der Waals surface area contributed by atoms with E-state index in [1.807, 2.05) is 43.5 Å². The third-order valence-corrected chi connectivity index (χ3v) is 5.06. The van der Waals surface area contributed by atoms with Crippen molar-refractivity contribution >= 4 is 43.5 Å². The molecule has 0 radical (unpaired) electrons. The average Bonchev–Trinajstić information content (AvgIpc) is 3.17. The van der Waals surface area contributed by atoms with E-state index in [1.165, 1.54) is 16.7 Å². The van der Waals surface area contributed by atoms with E-state index in [0.717, 1.165) is 21.3 Å². The largest absolute Gasteiger partial charge is 0.347 e. The molecule has 0 bridgehead atoms. The van der Waals surface area contributed by atoms with Crippen LogP contribution in [0.15, 0.2) is 54.7 Å². The van der Waals surface area contributed by atoms with Gasteiger partial charge in [-0.3, -0.25) is 4.79 Å². The predicted octanol–water partition coefficient (Wildman–Crippen LogP) is 4.59. The Labute approximate surface area is 143 Å². The lowest BCUT2D eigenvalue weighted by molar-refractivity contribution is -0.116. The summed E-state index contributed by atoms with van der Waals surface area (Å²) >= 11 is 1.52. The van der Waals surface area contributed by atoms with E-state index in [2.05, 4.69) is 33.1 Å². The van der Waals surface area contributed by atoms with Gasteiger partial charge in [0.2, 0.25) is 5.91 Å². The number of para-hydroxylation sites is 2. The van der Waals surface area contributed by atoms with Crippen LogP contribution in [0.1, 0.15) is 12.0 Å². The van der Waals surface area contributed by atoms with E-state index in [0.29, 0.717) is 18.1 Å². The van der Waals surface area contributed by atoms with Gasteiger partial charge < -0.3 is 9.88 Å². The summed E-state index contributed by atoms with van der Waals surface area (Å²) in [6, 6.07) is 16.3. The number of hydrogen-bond acceptors (Lipinski definition) is 3. The summed E-state index contributed by atoms with van der Waals surface area (Å²) in [6.07, 6.45) is 2.45. The van der Waals surface area contributed by atoms with Gasteiger partial charge in [0, 0.05) is 24.7 Å². The number of hydrogen-bond donors (Lipinski definition) is 1. The zero-order valence-electron chi connectivity index (χ0n) is 13.3. The Kier molecular flexibility index (Phi) is 3.78. The van der Waals surface area contributed by atoms with Crippen LogP contribution in [-0.4, -0.2) is 15.5 Å². The number of nitrogens with zero attached hydrogens (tertiary/aromatic N) is 2. The van der Waals surface area contributed by atoms with E-state index in [-0.39, 0.29) is 5.91 Å². The maximum absolute atomic E-state index is 12.2. The minimum Gasteiger partial charge on any atom is -0.347 e. The maximum atomic E-state index is 12.2. The number of fused-ring (bicyclic) bond motifs is 2. The number of aromatic nitrogens is 2. The number of amides is 1. The molecule has 4 nitrogen and oxygen atoms in total. The summed E-state index contributed by atoms with van der Waals surface area (Å²) in [5.41, 5.74) is 3.25. The number of thiazole rings is 1. The van der Waals surface area contributed by atoms with Crippen LogP contribution < -0.4 is 5.32 Å². The second-order valence-corrected chi connectivity index (χ2v) is 6.84. The molecule has 0 fully saturated rings. The molecule has 5 heteroatoms. The standard InChI is InChI=1S/C19H17N3OS/c1-13-5-4-8-16-18(13)21-19(24-16)20-17(23)10-12-22-11-9-14-6-2-3-7-15(14)22/h2-9,11H,10,12H2,1H3,(H,20,21,23). The molecular weight excluding hydrogens is 318 g/mol. The highest BCUT2D eigenvalue weighted by molar-refractivity contribution is 7.22. The maximum Gasteiger partial charge on any atom is 0.227 e. The summed E-state index contributed by atoms with van der Waals surface area (Å²) in [5.74, 6) is -0.00973. The van der Waals surface area contributed by atoms with Crippen LogP contribution in [0, 0.1) is 6.92 Å². The number of benzene rings is 2. The van der Waals surface area contributed by atoms with Crippen molar-refractivity contribution in [2.24, 2.45) is 0 Å². The van der Waals surface area contributed by atoms with Crippen LogP contribution in [0.5, 0.6) is 0 Å². The van der Waals surface area contributed by atoms with E-state index in [1.54, 1.807) is 0 Å². The third-order valence-electron chi connectivity index (χ3n) is 4.13. The summed E-state index contributed by atoms with van der Waals surface area (Å²) in [5, 5.41) is 4.79. The smallest absolute Gasteiger partial charge is 0.227 e. The molecule has 2 aromatic heterocycles. The zero-order valence-corrected chi connectivity index (χ0v) is 14.1. The highest BCUT2D eigenvalue weighted by Gasteiger charge is 2.09. The molecular formula is C19H17N3OS. The number of carbonyl (C=O) groups is 1. The minimum atomic E-state index is -0.00973. The van der Waals surface area contributed by atoms with Crippen LogP contribution in [-0.2, 0) is 11.3 Å². The molecule has 0 aliphatic carbocycles. The van der Waals surface area contributed by atoms with Crippen molar-refractivity contribution in [2.75, 3.05) is 5.32 Å². The van der Waals surface area contributed by atoms with Crippen LogP contribution >= 0.6 is 11.3 Å². The molecule has 0 aliphatic rings. The number of carbonyl (C=O) groups excluding carboxylic acids is 1. The molecule has 1 amide bonds. The number of nitrogens with one attached hydrogen (secondary N) is 1. The normalized spacial score (nSPS) is 11.2. The average molecular weight is 335 g/mol. The molecule has 2 aromatic carbocycles. The molecule has 2 heterocycles. The second kappa shape index (κ2) is 6.09. The molecule has 1 N–H and O–H groups in total. The SMILES string of the molecule is Cc1cccc2sc(NC(=O)CCn3ccc4ccccc43)nc12. The lowest BCUT2D eigenvalue weighted by Gasteiger charge is -2.05. The quantitative estimate of drug-likeness (QED) is 0.593. The summed E-state index contributed by atoms with van der Waals surface area (Å²) in [4.78, 5) is 16.8. The number of aryl methyl sites for hydroxylation is 2. The highest BCUT2D eigenvalue weighted by atomic mass is 32.1. The fraction of sp³-hybridized carbons (Fsp3) is 0.158. The lowest BCUT2D eigenvalue weighted by Crippen LogP contribution is -2.14. The number of anilines is 1. The Hall–Kier alpha value is -2.66. The van der Waals surface area contributed by atoms with Crippen LogP contribution in [0.3, 0.4) is 0 Å². The Morgan fingerprint density at radius 3 is 2.92 bits per heavy atom. The van der Waals surface area contributed by atoms with Gasteiger partial charge >= 0.3 is 0 Å². The Morgan fingerprint density at radius 2 is 2.04 bits per heavy atom. The first-order valence-electron chi connectivity index (χ1n) is 7.90.